The number of piperidine rings is 1. The zero-order valence-corrected chi connectivity index (χ0v) is 19.4. The van der Waals surface area contributed by atoms with Gasteiger partial charge in [0.15, 0.2) is 0 Å². The zero-order valence-electron chi connectivity index (χ0n) is 16.3. The highest BCUT2D eigenvalue weighted by atomic mass is 35.5. The number of hydrogen-bond acceptors (Lipinski definition) is 4. The van der Waals surface area contributed by atoms with Gasteiger partial charge in [0.2, 0.25) is 15.9 Å². The maximum absolute atomic E-state index is 13.3. The van der Waals surface area contributed by atoms with Crippen molar-refractivity contribution in [3.8, 4) is 0 Å². The van der Waals surface area contributed by atoms with Gasteiger partial charge in [0.25, 0.3) is 0 Å². The van der Waals surface area contributed by atoms with E-state index in [0.717, 1.165) is 22.8 Å². The molecule has 160 valence electrons. The first kappa shape index (κ1) is 22.0. The molecule has 1 saturated heterocycles. The van der Waals surface area contributed by atoms with Crippen molar-refractivity contribution in [3.05, 3.63) is 52.5 Å². The highest BCUT2D eigenvalue weighted by molar-refractivity contribution is 7.99. The van der Waals surface area contributed by atoms with E-state index in [1.807, 2.05) is 23.1 Å². The van der Waals surface area contributed by atoms with E-state index >= 15 is 0 Å². The Morgan fingerprint density at radius 2 is 1.77 bits per heavy atom. The molecule has 0 atom stereocenters. The summed E-state index contributed by atoms with van der Waals surface area (Å²) in [4.78, 5) is 16.3. The summed E-state index contributed by atoms with van der Waals surface area (Å²) in [6, 6.07) is 12.4. The normalized spacial score (nSPS) is 18.7. The second kappa shape index (κ2) is 9.09. The van der Waals surface area contributed by atoms with Crippen molar-refractivity contribution >= 4 is 56.6 Å². The molecule has 0 radical (unpaired) electrons. The molecular formula is C21H22Cl2N2O3S2. The number of hydrogen-bond donors (Lipinski definition) is 0. The third-order valence-electron chi connectivity index (χ3n) is 5.52. The van der Waals surface area contributed by atoms with Gasteiger partial charge in [-0.1, -0.05) is 35.3 Å². The van der Waals surface area contributed by atoms with Gasteiger partial charge in [-0.2, -0.15) is 4.31 Å². The Hall–Kier alpha value is -1.25. The van der Waals surface area contributed by atoms with Gasteiger partial charge in [-0.15, -0.1) is 11.8 Å². The van der Waals surface area contributed by atoms with Crippen LogP contribution in [-0.2, 0) is 14.8 Å². The monoisotopic (exact) mass is 484 g/mol. The molecule has 2 aromatic rings. The second-order valence-corrected chi connectivity index (χ2v) is 11.3. The van der Waals surface area contributed by atoms with Crippen LogP contribution in [0.3, 0.4) is 0 Å². The van der Waals surface area contributed by atoms with Crippen molar-refractivity contribution in [2.45, 2.75) is 29.1 Å². The molecule has 2 heterocycles. The molecule has 0 N–H and O–H groups in total. The highest BCUT2D eigenvalue weighted by Gasteiger charge is 2.35. The summed E-state index contributed by atoms with van der Waals surface area (Å²) in [6.45, 7) is 1.26. The molecule has 0 aromatic heterocycles. The van der Waals surface area contributed by atoms with Crippen molar-refractivity contribution < 1.29 is 13.2 Å². The molecule has 5 nitrogen and oxygen atoms in total. The zero-order chi connectivity index (χ0) is 21.3. The number of amides is 1. The summed E-state index contributed by atoms with van der Waals surface area (Å²) < 4.78 is 27.5. The van der Waals surface area contributed by atoms with Crippen LogP contribution in [0.1, 0.15) is 19.3 Å². The lowest BCUT2D eigenvalue weighted by Gasteiger charge is -2.34. The van der Waals surface area contributed by atoms with E-state index in [1.165, 1.54) is 16.4 Å². The SMILES string of the molecule is O=C(C1CCN(S(=O)(=O)c2cc(Cl)ccc2Cl)CC1)N1CCCSc2ccccc21. The number of thioether (sulfide) groups is 1. The highest BCUT2D eigenvalue weighted by Crippen LogP contribution is 2.36. The molecule has 4 rings (SSSR count). The van der Waals surface area contributed by atoms with Crippen molar-refractivity contribution in [1.29, 1.82) is 0 Å². The number of benzene rings is 2. The average molecular weight is 485 g/mol. The van der Waals surface area contributed by atoms with E-state index < -0.39 is 10.0 Å². The van der Waals surface area contributed by atoms with E-state index in [-0.39, 0.29) is 34.8 Å². The van der Waals surface area contributed by atoms with Gasteiger partial charge in [-0.25, -0.2) is 8.42 Å². The Balaban J connectivity index is 1.48. The maximum atomic E-state index is 13.3. The van der Waals surface area contributed by atoms with Crippen molar-refractivity contribution in [1.82, 2.24) is 4.31 Å². The maximum Gasteiger partial charge on any atom is 0.244 e. The van der Waals surface area contributed by atoms with Crippen LogP contribution in [0.4, 0.5) is 5.69 Å². The number of anilines is 1. The number of rotatable bonds is 3. The number of sulfonamides is 1. The first-order valence-corrected chi connectivity index (χ1v) is 13.0. The smallest absolute Gasteiger partial charge is 0.244 e. The van der Waals surface area contributed by atoms with E-state index in [1.54, 1.807) is 17.8 Å². The first-order valence-electron chi connectivity index (χ1n) is 9.86. The summed E-state index contributed by atoms with van der Waals surface area (Å²) in [5.74, 6) is 0.878. The first-order chi connectivity index (χ1) is 14.4. The number of nitrogens with zero attached hydrogens (tertiary/aromatic N) is 2. The fourth-order valence-electron chi connectivity index (χ4n) is 3.93. The lowest BCUT2D eigenvalue weighted by molar-refractivity contribution is -0.123. The van der Waals surface area contributed by atoms with Crippen LogP contribution in [-0.4, -0.2) is 44.0 Å². The second-order valence-electron chi connectivity index (χ2n) is 7.41. The molecule has 0 unspecified atom stereocenters. The summed E-state index contributed by atoms with van der Waals surface area (Å²) in [6.07, 6.45) is 1.91. The Kier molecular flexibility index (Phi) is 6.65. The van der Waals surface area contributed by atoms with Crippen LogP contribution in [0, 0.1) is 5.92 Å². The van der Waals surface area contributed by atoms with Crippen LogP contribution >= 0.6 is 35.0 Å². The topological polar surface area (TPSA) is 57.7 Å². The third kappa shape index (κ3) is 4.36. The molecule has 2 aromatic carbocycles. The largest absolute Gasteiger partial charge is 0.311 e. The van der Waals surface area contributed by atoms with Gasteiger partial charge < -0.3 is 4.90 Å². The molecule has 2 aliphatic heterocycles. The average Bonchev–Trinajstić information content (AvgIpc) is 2.97. The van der Waals surface area contributed by atoms with Crippen LogP contribution in [0.15, 0.2) is 52.3 Å². The van der Waals surface area contributed by atoms with Crippen molar-refractivity contribution in [2.24, 2.45) is 5.92 Å². The minimum atomic E-state index is -3.75. The number of carbonyl (C=O) groups is 1. The van der Waals surface area contributed by atoms with Gasteiger partial charge in [0.05, 0.1) is 10.7 Å². The molecule has 2 aliphatic rings. The number of halogens is 2. The predicted octanol–water partition coefficient (Wildman–Crippen LogP) is 4.92. The standard InChI is InChI=1S/C21H22Cl2N2O3S2/c22-16-6-7-17(23)20(14-16)30(27,28)24-11-8-15(9-12-24)21(26)25-10-3-13-29-19-5-2-1-4-18(19)25/h1-2,4-7,14-15H,3,8-13H2. The quantitative estimate of drug-likeness (QED) is 0.619. The Bertz CT molecular complexity index is 1050. The third-order valence-corrected chi connectivity index (χ3v) is 9.28. The molecule has 0 bridgehead atoms. The molecular weight excluding hydrogens is 463 g/mol. The summed E-state index contributed by atoms with van der Waals surface area (Å²) >= 11 is 13.9. The van der Waals surface area contributed by atoms with E-state index in [4.69, 9.17) is 23.2 Å². The fourth-order valence-corrected chi connectivity index (χ4v) is 7.13. The van der Waals surface area contributed by atoms with E-state index in [2.05, 4.69) is 6.07 Å². The lowest BCUT2D eigenvalue weighted by atomic mass is 9.96. The molecule has 9 heteroatoms. The van der Waals surface area contributed by atoms with Crippen molar-refractivity contribution in [3.63, 3.8) is 0 Å². The number of carbonyl (C=O) groups excluding carboxylic acids is 1. The Morgan fingerprint density at radius 3 is 2.53 bits per heavy atom. The molecule has 0 spiro atoms. The fraction of sp³-hybridized carbons (Fsp3) is 0.381. The van der Waals surface area contributed by atoms with Gasteiger partial charge in [-0.3, -0.25) is 4.79 Å². The lowest BCUT2D eigenvalue weighted by Crippen LogP contribution is -2.44. The van der Waals surface area contributed by atoms with Crippen LogP contribution in [0.2, 0.25) is 10.0 Å². The molecule has 1 amide bonds. The number of fused-ring (bicyclic) bond motifs is 1. The number of para-hydroxylation sites is 1. The van der Waals surface area contributed by atoms with E-state index in [0.29, 0.717) is 24.4 Å². The summed E-state index contributed by atoms with van der Waals surface area (Å²) in [5, 5.41) is 0.469. The van der Waals surface area contributed by atoms with Crippen LogP contribution in [0.5, 0.6) is 0 Å². The van der Waals surface area contributed by atoms with Gasteiger partial charge >= 0.3 is 0 Å². The molecule has 0 saturated carbocycles. The predicted molar refractivity (Wildman–Crippen MR) is 122 cm³/mol. The molecule has 1 fully saturated rings. The van der Waals surface area contributed by atoms with Crippen molar-refractivity contribution in [2.75, 3.05) is 30.3 Å². The van der Waals surface area contributed by atoms with E-state index in [9.17, 15) is 13.2 Å². The Morgan fingerprint density at radius 1 is 1.03 bits per heavy atom. The summed E-state index contributed by atoms with van der Waals surface area (Å²) in [7, 11) is -3.75. The van der Waals surface area contributed by atoms with Gasteiger partial charge in [-0.05, 0) is 55.3 Å². The van der Waals surface area contributed by atoms with Gasteiger partial charge in [0.1, 0.15) is 4.90 Å². The van der Waals surface area contributed by atoms with Gasteiger partial charge in [0, 0.05) is 35.5 Å². The van der Waals surface area contributed by atoms with Crippen LogP contribution in [0.25, 0.3) is 0 Å². The molecule has 0 aliphatic carbocycles. The summed E-state index contributed by atoms with van der Waals surface area (Å²) in [5.41, 5.74) is 0.964. The minimum absolute atomic E-state index is 0.0138. The van der Waals surface area contributed by atoms with Crippen LogP contribution < -0.4 is 4.90 Å². The minimum Gasteiger partial charge on any atom is -0.311 e. The Labute approximate surface area is 191 Å². The molecule has 30 heavy (non-hydrogen) atoms.